The van der Waals surface area contributed by atoms with Gasteiger partial charge < -0.3 is 25.3 Å². The molecule has 0 aromatic heterocycles. The van der Waals surface area contributed by atoms with E-state index in [2.05, 4.69) is 11.4 Å². The van der Waals surface area contributed by atoms with Crippen LogP contribution in [0, 0.1) is 16.7 Å². The minimum absolute atomic E-state index is 0.0159. The van der Waals surface area contributed by atoms with Crippen molar-refractivity contribution < 1.29 is 23.8 Å². The van der Waals surface area contributed by atoms with E-state index >= 15 is 0 Å². The van der Waals surface area contributed by atoms with Crippen LogP contribution in [-0.2, 0) is 14.3 Å². The van der Waals surface area contributed by atoms with E-state index in [1.165, 1.54) is 0 Å². The highest BCUT2D eigenvalue weighted by molar-refractivity contribution is 6.35. The van der Waals surface area contributed by atoms with Crippen LogP contribution in [0.4, 0.5) is 5.69 Å². The van der Waals surface area contributed by atoms with Gasteiger partial charge in [-0.15, -0.1) is 0 Å². The number of allylic oxidation sites excluding steroid dienone is 3. The Morgan fingerprint density at radius 1 is 1.16 bits per heavy atom. The lowest BCUT2D eigenvalue weighted by Gasteiger charge is -2.37. The number of nitrogens with zero attached hydrogens (tertiary/aromatic N) is 1. The van der Waals surface area contributed by atoms with E-state index in [9.17, 15) is 14.9 Å². The highest BCUT2D eigenvalue weighted by Gasteiger charge is 2.43. The number of rotatable bonds is 7. The number of nitriles is 1. The van der Waals surface area contributed by atoms with E-state index in [4.69, 9.17) is 43.1 Å². The van der Waals surface area contributed by atoms with Gasteiger partial charge in [-0.1, -0.05) is 43.1 Å². The molecule has 2 aliphatic rings. The third-order valence-corrected chi connectivity index (χ3v) is 6.62. The molecule has 0 radical (unpaired) electrons. The highest BCUT2D eigenvalue weighted by atomic mass is 35.5. The first-order valence-corrected chi connectivity index (χ1v) is 12.8. The summed E-state index contributed by atoms with van der Waals surface area (Å²) in [7, 11) is 0. The van der Waals surface area contributed by atoms with E-state index in [0.29, 0.717) is 63.6 Å². The lowest BCUT2D eigenvalue weighted by atomic mass is 9.70. The molecule has 10 heteroatoms. The van der Waals surface area contributed by atoms with Crippen LogP contribution < -0.4 is 20.5 Å². The number of carbonyl (C=O) groups excluding carboxylic acids is 2. The monoisotopic (exact) mass is 555 g/mol. The Balaban J connectivity index is 1.61. The molecule has 0 saturated heterocycles. The molecule has 0 bridgehead atoms. The lowest BCUT2D eigenvalue weighted by Crippen LogP contribution is -2.33. The average molecular weight is 556 g/mol. The molecule has 1 aliphatic heterocycles. The SMILES string of the molecule is CCOc1cc(C2C(C#N)=C(N)OC3=C2C(=O)CC(C)(C)C3)ccc1OCC(=O)Nc1cc(Cl)cc(Cl)c1. The summed E-state index contributed by atoms with van der Waals surface area (Å²) in [6.07, 6.45) is 0.854. The standard InChI is InChI=1S/C28H27Cl2N3O5/c1-4-36-22-7-15(5-6-21(22)37-14-24(35)33-18-9-16(29)8-17(30)10-18)25-19(13-31)27(32)38-23-12-28(2,3)11-20(34)26(23)25/h5-10,25H,4,11-12,14,32H2,1-3H3,(H,33,35). The molecule has 0 fully saturated rings. The van der Waals surface area contributed by atoms with Crippen molar-refractivity contribution in [3.63, 3.8) is 0 Å². The molecule has 1 heterocycles. The van der Waals surface area contributed by atoms with Crippen molar-refractivity contribution in [1.29, 1.82) is 5.26 Å². The Hall–Kier alpha value is -3.67. The maximum atomic E-state index is 13.2. The number of ether oxygens (including phenoxy) is 3. The van der Waals surface area contributed by atoms with Crippen LogP contribution in [0.1, 0.15) is 45.1 Å². The van der Waals surface area contributed by atoms with Crippen LogP contribution >= 0.6 is 23.2 Å². The summed E-state index contributed by atoms with van der Waals surface area (Å²) in [6.45, 7) is 5.81. The predicted octanol–water partition coefficient (Wildman–Crippen LogP) is 5.86. The van der Waals surface area contributed by atoms with Crippen LogP contribution in [0.25, 0.3) is 0 Å². The Morgan fingerprint density at radius 2 is 1.87 bits per heavy atom. The zero-order chi connectivity index (χ0) is 27.6. The molecule has 0 saturated carbocycles. The van der Waals surface area contributed by atoms with Crippen LogP contribution in [0.2, 0.25) is 10.0 Å². The quantitative estimate of drug-likeness (QED) is 0.438. The Morgan fingerprint density at radius 3 is 2.53 bits per heavy atom. The number of anilines is 1. The second-order valence-electron chi connectivity index (χ2n) is 9.84. The predicted molar refractivity (Wildman–Crippen MR) is 144 cm³/mol. The summed E-state index contributed by atoms with van der Waals surface area (Å²) in [4.78, 5) is 25.7. The van der Waals surface area contributed by atoms with E-state index in [1.807, 2.05) is 20.8 Å². The fourth-order valence-corrected chi connectivity index (χ4v) is 5.20. The number of nitrogens with two attached hydrogens (primary N) is 1. The van der Waals surface area contributed by atoms with Gasteiger partial charge in [0.2, 0.25) is 5.88 Å². The van der Waals surface area contributed by atoms with E-state index < -0.39 is 11.8 Å². The molecule has 8 nitrogen and oxygen atoms in total. The molecule has 1 unspecified atom stereocenters. The van der Waals surface area contributed by atoms with Crippen molar-refractivity contribution >= 4 is 40.6 Å². The number of benzene rings is 2. The maximum Gasteiger partial charge on any atom is 0.262 e. The van der Waals surface area contributed by atoms with Gasteiger partial charge in [-0.05, 0) is 48.2 Å². The molecular formula is C28H27Cl2N3O5. The van der Waals surface area contributed by atoms with E-state index in [-0.39, 0.29) is 29.3 Å². The second-order valence-corrected chi connectivity index (χ2v) is 10.7. The van der Waals surface area contributed by atoms with Crippen molar-refractivity contribution in [2.45, 2.75) is 39.5 Å². The molecule has 4 rings (SSSR count). The molecule has 1 aliphatic carbocycles. The van der Waals surface area contributed by atoms with E-state index in [1.54, 1.807) is 36.4 Å². The molecule has 2 aromatic rings. The summed E-state index contributed by atoms with van der Waals surface area (Å²) in [5, 5.41) is 13.3. The van der Waals surface area contributed by atoms with Gasteiger partial charge in [-0.2, -0.15) is 5.26 Å². The van der Waals surface area contributed by atoms with Crippen molar-refractivity contribution in [2.24, 2.45) is 11.1 Å². The van der Waals surface area contributed by atoms with Gasteiger partial charge >= 0.3 is 0 Å². The number of halogens is 2. The summed E-state index contributed by atoms with van der Waals surface area (Å²) < 4.78 is 17.3. The Labute approximate surface area is 230 Å². The average Bonchev–Trinajstić information content (AvgIpc) is 2.81. The normalized spacial score (nSPS) is 18.3. The number of ketones is 1. The smallest absolute Gasteiger partial charge is 0.262 e. The lowest BCUT2D eigenvalue weighted by molar-refractivity contribution is -0.119. The van der Waals surface area contributed by atoms with Gasteiger partial charge in [0.25, 0.3) is 5.91 Å². The summed E-state index contributed by atoms with van der Waals surface area (Å²) in [5.41, 5.74) is 7.50. The number of Topliss-reactive ketones (excluding diaryl/α,β-unsaturated/α-hetero) is 1. The molecular weight excluding hydrogens is 529 g/mol. The number of hydrogen-bond donors (Lipinski definition) is 2. The molecule has 2 aromatic carbocycles. The van der Waals surface area contributed by atoms with Crippen LogP contribution in [0.15, 0.2) is 59.2 Å². The fourth-order valence-electron chi connectivity index (χ4n) is 4.68. The molecule has 0 spiro atoms. The third-order valence-electron chi connectivity index (χ3n) is 6.18. The molecule has 3 N–H and O–H groups in total. The van der Waals surface area contributed by atoms with E-state index in [0.717, 1.165) is 0 Å². The largest absolute Gasteiger partial charge is 0.490 e. The molecule has 1 atom stereocenters. The molecule has 1 amide bonds. The van der Waals surface area contributed by atoms with Crippen molar-refractivity contribution in [2.75, 3.05) is 18.5 Å². The zero-order valence-electron chi connectivity index (χ0n) is 21.2. The highest BCUT2D eigenvalue weighted by Crippen LogP contribution is 2.48. The van der Waals surface area contributed by atoms with Crippen molar-refractivity contribution in [3.8, 4) is 17.6 Å². The van der Waals surface area contributed by atoms with Gasteiger partial charge in [-0.25, -0.2) is 0 Å². The van der Waals surface area contributed by atoms with Crippen molar-refractivity contribution in [1.82, 2.24) is 0 Å². The third kappa shape index (κ3) is 5.90. The molecule has 198 valence electrons. The maximum absolute atomic E-state index is 13.2. The first kappa shape index (κ1) is 27.4. The van der Waals surface area contributed by atoms with Crippen LogP contribution in [0.5, 0.6) is 11.5 Å². The summed E-state index contributed by atoms with van der Waals surface area (Å²) in [5.74, 6) is -0.0536. The zero-order valence-corrected chi connectivity index (χ0v) is 22.7. The number of carbonyl (C=O) groups is 2. The minimum atomic E-state index is -0.698. The van der Waals surface area contributed by atoms with Gasteiger partial charge in [0.15, 0.2) is 23.9 Å². The fraction of sp³-hybridized carbons (Fsp3) is 0.321. The Kier molecular flexibility index (Phi) is 7.91. The van der Waals surface area contributed by atoms with Gasteiger partial charge in [0.1, 0.15) is 17.4 Å². The Bertz CT molecular complexity index is 1390. The van der Waals surface area contributed by atoms with Crippen molar-refractivity contribution in [3.05, 3.63) is 74.8 Å². The topological polar surface area (TPSA) is 124 Å². The number of nitrogens with one attached hydrogen (secondary N) is 1. The summed E-state index contributed by atoms with van der Waals surface area (Å²) >= 11 is 12.0. The number of hydrogen-bond acceptors (Lipinski definition) is 7. The van der Waals surface area contributed by atoms with Crippen LogP contribution in [-0.4, -0.2) is 24.9 Å². The summed E-state index contributed by atoms with van der Waals surface area (Å²) in [6, 6.07) is 11.9. The number of amides is 1. The van der Waals surface area contributed by atoms with Gasteiger partial charge in [0, 0.05) is 34.1 Å². The first-order valence-electron chi connectivity index (χ1n) is 12.0. The van der Waals surface area contributed by atoms with Crippen LogP contribution in [0.3, 0.4) is 0 Å². The first-order chi connectivity index (χ1) is 18.0. The molecule has 38 heavy (non-hydrogen) atoms. The minimum Gasteiger partial charge on any atom is -0.490 e. The van der Waals surface area contributed by atoms with Gasteiger partial charge in [-0.3, -0.25) is 9.59 Å². The van der Waals surface area contributed by atoms with Gasteiger partial charge in [0.05, 0.1) is 12.5 Å². The second kappa shape index (κ2) is 11.0.